The normalized spacial score (nSPS) is 27.2. The summed E-state index contributed by atoms with van der Waals surface area (Å²) in [5.74, 6) is -0.865. The topological polar surface area (TPSA) is 90.0 Å². The SMILES string of the molecule is Cc1ccc(F)c(NC(=O)CN2CC[C@@]3(CCCN3S(C)(=O)=O)[C@@H](O)C2)c1. The number of carbonyl (C=O) groups is 1. The van der Waals surface area contributed by atoms with Crippen molar-refractivity contribution in [3.05, 3.63) is 29.6 Å². The Kier molecular flexibility index (Phi) is 5.58. The van der Waals surface area contributed by atoms with Crippen molar-refractivity contribution in [1.29, 1.82) is 0 Å². The lowest BCUT2D eigenvalue weighted by Crippen LogP contribution is -2.63. The van der Waals surface area contributed by atoms with Crippen LogP contribution in [0.5, 0.6) is 0 Å². The van der Waals surface area contributed by atoms with Gasteiger partial charge >= 0.3 is 0 Å². The maximum atomic E-state index is 13.8. The molecule has 0 radical (unpaired) electrons. The van der Waals surface area contributed by atoms with Crippen molar-refractivity contribution in [3.8, 4) is 0 Å². The second-order valence-electron chi connectivity index (χ2n) is 7.57. The second-order valence-corrected chi connectivity index (χ2v) is 9.48. The lowest BCUT2D eigenvalue weighted by atomic mass is 9.83. The molecule has 0 saturated carbocycles. The molecule has 0 aromatic heterocycles. The zero-order chi connectivity index (χ0) is 19.8. The minimum Gasteiger partial charge on any atom is -0.390 e. The molecule has 2 heterocycles. The van der Waals surface area contributed by atoms with Crippen LogP contribution in [0.25, 0.3) is 0 Å². The van der Waals surface area contributed by atoms with E-state index in [-0.39, 0.29) is 24.7 Å². The highest BCUT2D eigenvalue weighted by molar-refractivity contribution is 7.88. The number of benzene rings is 1. The number of carbonyl (C=O) groups excluding carboxylic acids is 1. The molecule has 0 unspecified atom stereocenters. The van der Waals surface area contributed by atoms with Gasteiger partial charge in [0.2, 0.25) is 15.9 Å². The summed E-state index contributed by atoms with van der Waals surface area (Å²) in [4.78, 5) is 14.1. The fraction of sp³-hybridized carbons (Fsp3) is 0.611. The van der Waals surface area contributed by atoms with E-state index in [0.717, 1.165) is 12.0 Å². The molecule has 2 N–H and O–H groups in total. The average Bonchev–Trinajstić information content (AvgIpc) is 3.00. The Morgan fingerprint density at radius 2 is 2.11 bits per heavy atom. The predicted octanol–water partition coefficient (Wildman–Crippen LogP) is 0.933. The van der Waals surface area contributed by atoms with Gasteiger partial charge in [-0.3, -0.25) is 9.69 Å². The molecule has 9 heteroatoms. The number of halogens is 1. The van der Waals surface area contributed by atoms with Gasteiger partial charge in [0, 0.05) is 19.6 Å². The predicted molar refractivity (Wildman–Crippen MR) is 100 cm³/mol. The number of nitrogens with zero attached hydrogens (tertiary/aromatic N) is 2. The summed E-state index contributed by atoms with van der Waals surface area (Å²) in [6, 6.07) is 4.50. The Labute approximate surface area is 159 Å². The third-order valence-corrected chi connectivity index (χ3v) is 6.89. The highest BCUT2D eigenvalue weighted by Gasteiger charge is 2.52. The highest BCUT2D eigenvalue weighted by atomic mass is 32.2. The Balaban J connectivity index is 1.63. The summed E-state index contributed by atoms with van der Waals surface area (Å²) < 4.78 is 39.4. The number of β-amino-alcohol motifs (C(OH)–C–C–N with tert-alkyl or cyclic N) is 1. The molecule has 27 heavy (non-hydrogen) atoms. The summed E-state index contributed by atoms with van der Waals surface area (Å²) in [5.41, 5.74) is 0.195. The molecule has 1 spiro atoms. The van der Waals surface area contributed by atoms with Crippen LogP contribution in [0.15, 0.2) is 18.2 Å². The van der Waals surface area contributed by atoms with E-state index in [9.17, 15) is 22.7 Å². The number of rotatable bonds is 4. The third kappa shape index (κ3) is 4.16. The molecule has 0 bridgehead atoms. The van der Waals surface area contributed by atoms with Crippen LogP contribution in [0.4, 0.5) is 10.1 Å². The largest absolute Gasteiger partial charge is 0.390 e. The van der Waals surface area contributed by atoms with Gasteiger partial charge in [0.1, 0.15) is 5.82 Å². The zero-order valence-electron chi connectivity index (χ0n) is 15.6. The molecule has 150 valence electrons. The van der Waals surface area contributed by atoms with Gasteiger partial charge in [0.15, 0.2) is 0 Å². The van der Waals surface area contributed by atoms with Crippen LogP contribution in [0.2, 0.25) is 0 Å². The minimum atomic E-state index is -3.40. The van der Waals surface area contributed by atoms with E-state index in [0.29, 0.717) is 25.9 Å². The number of nitrogens with one attached hydrogen (secondary N) is 1. The Morgan fingerprint density at radius 1 is 1.37 bits per heavy atom. The van der Waals surface area contributed by atoms with Gasteiger partial charge in [-0.25, -0.2) is 12.8 Å². The number of likely N-dealkylation sites (tertiary alicyclic amines) is 1. The van der Waals surface area contributed by atoms with Gasteiger partial charge in [-0.1, -0.05) is 6.07 Å². The van der Waals surface area contributed by atoms with Crippen molar-refractivity contribution in [2.45, 2.75) is 37.8 Å². The molecule has 2 saturated heterocycles. The van der Waals surface area contributed by atoms with Crippen LogP contribution in [-0.4, -0.2) is 72.7 Å². The Morgan fingerprint density at radius 3 is 2.78 bits per heavy atom. The standard InChI is InChI=1S/C18H26FN3O4S/c1-13-4-5-14(19)15(10-13)20-17(24)12-21-9-7-18(16(23)11-21)6-3-8-22(18)27(2,25)26/h4-5,10,16,23H,3,6-9,11-12H2,1-2H3,(H,20,24)/t16-,18-/m0/s1. The van der Waals surface area contributed by atoms with Gasteiger partial charge in [0.25, 0.3) is 0 Å². The van der Waals surface area contributed by atoms with E-state index in [1.807, 2.05) is 6.92 Å². The van der Waals surface area contributed by atoms with Gasteiger partial charge in [0.05, 0.1) is 30.1 Å². The molecule has 2 aliphatic heterocycles. The zero-order valence-corrected chi connectivity index (χ0v) is 16.4. The first-order valence-corrected chi connectivity index (χ1v) is 10.9. The number of hydrogen-bond donors (Lipinski definition) is 2. The first kappa shape index (κ1) is 20.2. The summed E-state index contributed by atoms with van der Waals surface area (Å²) in [5, 5.41) is 13.3. The quantitative estimate of drug-likeness (QED) is 0.786. The molecule has 1 aromatic rings. The van der Waals surface area contributed by atoms with E-state index in [1.54, 1.807) is 17.0 Å². The number of aryl methyl sites for hydroxylation is 1. The van der Waals surface area contributed by atoms with Crippen LogP contribution in [0.3, 0.4) is 0 Å². The summed E-state index contributed by atoms with van der Waals surface area (Å²) in [6.07, 6.45) is 2.11. The summed E-state index contributed by atoms with van der Waals surface area (Å²) in [6.45, 7) is 2.94. The fourth-order valence-corrected chi connectivity index (χ4v) is 5.68. The Bertz CT molecular complexity index is 832. The third-order valence-electron chi connectivity index (χ3n) is 5.54. The molecule has 1 aromatic carbocycles. The van der Waals surface area contributed by atoms with E-state index < -0.39 is 27.5 Å². The van der Waals surface area contributed by atoms with Gasteiger partial charge in [-0.15, -0.1) is 0 Å². The van der Waals surface area contributed by atoms with Crippen molar-refractivity contribution in [2.75, 3.05) is 37.8 Å². The minimum absolute atomic E-state index is 0.0133. The Hall–Kier alpha value is -1.55. The first-order valence-electron chi connectivity index (χ1n) is 9.06. The van der Waals surface area contributed by atoms with E-state index in [4.69, 9.17) is 0 Å². The number of amides is 1. The van der Waals surface area contributed by atoms with Crippen molar-refractivity contribution in [3.63, 3.8) is 0 Å². The van der Waals surface area contributed by atoms with Crippen LogP contribution in [-0.2, 0) is 14.8 Å². The fourth-order valence-electron chi connectivity index (χ4n) is 4.25. The lowest BCUT2D eigenvalue weighted by Gasteiger charge is -2.47. The van der Waals surface area contributed by atoms with Crippen molar-refractivity contribution in [1.82, 2.24) is 9.21 Å². The van der Waals surface area contributed by atoms with Gasteiger partial charge < -0.3 is 10.4 Å². The monoisotopic (exact) mass is 399 g/mol. The lowest BCUT2D eigenvalue weighted by molar-refractivity contribution is -0.119. The summed E-state index contributed by atoms with van der Waals surface area (Å²) >= 11 is 0. The molecule has 1 amide bonds. The molecule has 2 aliphatic rings. The van der Waals surface area contributed by atoms with E-state index in [1.165, 1.54) is 16.6 Å². The maximum absolute atomic E-state index is 13.8. The molecule has 0 aliphatic carbocycles. The van der Waals surface area contributed by atoms with E-state index in [2.05, 4.69) is 5.32 Å². The number of sulfonamides is 1. The number of piperidine rings is 1. The van der Waals surface area contributed by atoms with Gasteiger partial charge in [-0.05, 0) is 43.9 Å². The number of hydrogen-bond acceptors (Lipinski definition) is 5. The van der Waals surface area contributed by atoms with Crippen LogP contribution >= 0.6 is 0 Å². The summed E-state index contributed by atoms with van der Waals surface area (Å²) in [7, 11) is -3.40. The van der Waals surface area contributed by atoms with Crippen molar-refractivity contribution >= 4 is 21.6 Å². The molecule has 2 atom stereocenters. The maximum Gasteiger partial charge on any atom is 0.238 e. The number of aliphatic hydroxyl groups excluding tert-OH is 1. The van der Waals surface area contributed by atoms with E-state index >= 15 is 0 Å². The van der Waals surface area contributed by atoms with Crippen molar-refractivity contribution < 1.29 is 22.7 Å². The first-order chi connectivity index (χ1) is 12.6. The molecular formula is C18H26FN3O4S. The number of aliphatic hydroxyl groups is 1. The van der Waals surface area contributed by atoms with Gasteiger partial charge in [-0.2, -0.15) is 4.31 Å². The van der Waals surface area contributed by atoms with Crippen LogP contribution < -0.4 is 5.32 Å². The molecular weight excluding hydrogens is 373 g/mol. The highest BCUT2D eigenvalue weighted by Crippen LogP contribution is 2.40. The van der Waals surface area contributed by atoms with Crippen molar-refractivity contribution in [2.24, 2.45) is 0 Å². The molecule has 3 rings (SSSR count). The van der Waals surface area contributed by atoms with Crippen LogP contribution in [0, 0.1) is 12.7 Å². The second kappa shape index (κ2) is 7.46. The molecule has 7 nitrogen and oxygen atoms in total. The smallest absolute Gasteiger partial charge is 0.238 e. The number of anilines is 1. The van der Waals surface area contributed by atoms with Crippen LogP contribution in [0.1, 0.15) is 24.8 Å². The average molecular weight is 399 g/mol. The molecule has 2 fully saturated rings.